The molecule has 10 heteroatoms. The maximum atomic E-state index is 13.5. The van der Waals surface area contributed by atoms with Gasteiger partial charge in [0.05, 0.1) is 42.0 Å². The average molecular weight is 514 g/mol. The number of nitriles is 1. The number of ether oxygens (including phenoxy) is 1. The largest absolute Gasteiger partial charge is 0.416 e. The smallest absolute Gasteiger partial charge is 0.379 e. The zero-order valence-electron chi connectivity index (χ0n) is 20.5. The van der Waals surface area contributed by atoms with E-state index in [2.05, 4.69) is 26.1 Å². The van der Waals surface area contributed by atoms with Gasteiger partial charge in [-0.15, -0.1) is 0 Å². The summed E-state index contributed by atoms with van der Waals surface area (Å²) in [5.74, 6) is -0.667. The van der Waals surface area contributed by atoms with E-state index in [9.17, 15) is 23.2 Å². The summed E-state index contributed by atoms with van der Waals surface area (Å²) >= 11 is 0. The molecule has 0 aliphatic carbocycles. The van der Waals surface area contributed by atoms with Crippen LogP contribution in [0, 0.1) is 17.2 Å². The van der Waals surface area contributed by atoms with Crippen molar-refractivity contribution in [2.24, 2.45) is 5.92 Å². The molecule has 0 radical (unpaired) electrons. The molecular weight excluding hydrogens is 483 g/mol. The van der Waals surface area contributed by atoms with Crippen molar-refractivity contribution < 1.29 is 22.7 Å². The Bertz CT molecular complexity index is 1180. The fourth-order valence-corrected chi connectivity index (χ4v) is 5.66. The minimum absolute atomic E-state index is 0.151. The van der Waals surface area contributed by atoms with Crippen LogP contribution in [0.2, 0.25) is 0 Å². The molecule has 2 saturated heterocycles. The molecule has 7 nitrogen and oxygen atoms in total. The maximum Gasteiger partial charge on any atom is 0.416 e. The van der Waals surface area contributed by atoms with Crippen molar-refractivity contribution in [1.29, 1.82) is 5.26 Å². The first-order chi connectivity index (χ1) is 17.8. The van der Waals surface area contributed by atoms with Gasteiger partial charge in [-0.25, -0.2) is 0 Å². The third kappa shape index (κ3) is 5.38. The van der Waals surface area contributed by atoms with Crippen LogP contribution in [0.25, 0.3) is 0 Å². The number of piperazine rings is 1. The number of nitrogens with zero attached hydrogens (tertiary/aromatic N) is 4. The molecule has 2 aromatic rings. The van der Waals surface area contributed by atoms with Gasteiger partial charge in [-0.1, -0.05) is 12.1 Å². The second kappa shape index (κ2) is 10.6. The molecule has 3 aliphatic rings. The Morgan fingerprint density at radius 2 is 1.86 bits per heavy atom. The van der Waals surface area contributed by atoms with Gasteiger partial charge in [0.2, 0.25) is 5.91 Å². The number of rotatable bonds is 5. The zero-order valence-corrected chi connectivity index (χ0v) is 20.5. The van der Waals surface area contributed by atoms with Crippen molar-refractivity contribution >= 4 is 17.3 Å². The molecule has 2 fully saturated rings. The second-order valence-corrected chi connectivity index (χ2v) is 9.73. The highest BCUT2D eigenvalue weighted by atomic mass is 19.4. The number of morpholine rings is 1. The molecule has 5 rings (SSSR count). The summed E-state index contributed by atoms with van der Waals surface area (Å²) in [6, 6.07) is 13.2. The Hall–Kier alpha value is -3.29. The van der Waals surface area contributed by atoms with E-state index in [0.29, 0.717) is 57.1 Å². The monoisotopic (exact) mass is 513 g/mol. The SMILES string of the molecule is N#Cc1ccccc1N1CCN2c3ccc(C(F)(F)F)cc3C[C@@H](C(=O)NCCN3CCOCC3)[C@H]2C1. The highest BCUT2D eigenvalue weighted by molar-refractivity contribution is 5.82. The molecule has 2 aromatic carbocycles. The molecule has 0 bridgehead atoms. The van der Waals surface area contributed by atoms with Crippen molar-refractivity contribution in [1.82, 2.24) is 10.2 Å². The zero-order chi connectivity index (χ0) is 26.0. The molecule has 0 unspecified atom stereocenters. The fraction of sp³-hybridized carbons (Fsp3) is 0.481. The first-order valence-electron chi connectivity index (χ1n) is 12.6. The van der Waals surface area contributed by atoms with Crippen LogP contribution in [0.15, 0.2) is 42.5 Å². The van der Waals surface area contributed by atoms with Gasteiger partial charge in [0.1, 0.15) is 6.07 Å². The standard InChI is InChI=1S/C27H30F3N5O2/c28-27(29,30)21-5-6-24-20(15-21)16-22(26(36)32-7-8-33-11-13-37-14-12-33)25-18-34(9-10-35(24)25)23-4-2-1-3-19(23)17-31/h1-6,15,22,25H,7-14,16,18H2,(H,32,36)/t22-,25-/m1/s1. The number of alkyl halides is 3. The number of hydrogen-bond donors (Lipinski definition) is 1. The molecule has 0 saturated carbocycles. The van der Waals surface area contributed by atoms with E-state index in [1.54, 1.807) is 6.07 Å². The maximum absolute atomic E-state index is 13.5. The number of nitrogens with one attached hydrogen (secondary N) is 1. The second-order valence-electron chi connectivity index (χ2n) is 9.73. The molecule has 196 valence electrons. The van der Waals surface area contributed by atoms with Crippen molar-refractivity contribution in [2.75, 3.05) is 68.8 Å². The quantitative estimate of drug-likeness (QED) is 0.663. The summed E-state index contributed by atoms with van der Waals surface area (Å²) in [4.78, 5) is 19.9. The summed E-state index contributed by atoms with van der Waals surface area (Å²) in [7, 11) is 0. The van der Waals surface area contributed by atoms with Crippen LogP contribution in [-0.4, -0.2) is 75.9 Å². The van der Waals surface area contributed by atoms with E-state index in [-0.39, 0.29) is 18.4 Å². The Balaban J connectivity index is 1.39. The van der Waals surface area contributed by atoms with Crippen LogP contribution >= 0.6 is 0 Å². The van der Waals surface area contributed by atoms with Crippen LogP contribution in [0.5, 0.6) is 0 Å². The highest BCUT2D eigenvalue weighted by Gasteiger charge is 2.43. The number of carbonyl (C=O) groups is 1. The minimum Gasteiger partial charge on any atom is -0.379 e. The van der Waals surface area contributed by atoms with Crippen LogP contribution in [0.3, 0.4) is 0 Å². The van der Waals surface area contributed by atoms with Gasteiger partial charge in [-0.05, 0) is 42.3 Å². The number of benzene rings is 2. The van der Waals surface area contributed by atoms with Gasteiger partial charge in [0.25, 0.3) is 0 Å². The van der Waals surface area contributed by atoms with Crippen molar-refractivity contribution in [2.45, 2.75) is 18.6 Å². The highest BCUT2D eigenvalue weighted by Crippen LogP contribution is 2.40. The lowest BCUT2D eigenvalue weighted by Crippen LogP contribution is -2.61. The van der Waals surface area contributed by atoms with E-state index in [1.807, 2.05) is 18.2 Å². The molecule has 37 heavy (non-hydrogen) atoms. The Kier molecular flexibility index (Phi) is 7.26. The van der Waals surface area contributed by atoms with Crippen molar-refractivity contribution in [3.63, 3.8) is 0 Å². The molecule has 2 atom stereocenters. The summed E-state index contributed by atoms with van der Waals surface area (Å²) in [5.41, 5.74) is 1.98. The van der Waals surface area contributed by atoms with Crippen molar-refractivity contribution in [3.8, 4) is 6.07 Å². The fourth-order valence-electron chi connectivity index (χ4n) is 5.66. The summed E-state index contributed by atoms with van der Waals surface area (Å²) in [5, 5.41) is 12.6. The van der Waals surface area contributed by atoms with E-state index in [0.717, 1.165) is 30.5 Å². The molecule has 0 aromatic heterocycles. The van der Waals surface area contributed by atoms with Crippen molar-refractivity contribution in [3.05, 3.63) is 59.2 Å². The number of para-hydroxylation sites is 1. The van der Waals surface area contributed by atoms with Gasteiger partial charge in [0.15, 0.2) is 0 Å². The number of anilines is 2. The van der Waals surface area contributed by atoms with Crippen LogP contribution in [0.4, 0.5) is 24.5 Å². The number of fused-ring (bicyclic) bond motifs is 3. The third-order valence-corrected chi connectivity index (χ3v) is 7.57. The molecule has 3 heterocycles. The topological polar surface area (TPSA) is 71.8 Å². The van der Waals surface area contributed by atoms with Gasteiger partial charge < -0.3 is 19.9 Å². The number of halogens is 3. The lowest BCUT2D eigenvalue weighted by Gasteiger charge is -2.50. The molecule has 3 aliphatic heterocycles. The van der Waals surface area contributed by atoms with E-state index >= 15 is 0 Å². The van der Waals surface area contributed by atoms with E-state index in [1.165, 1.54) is 12.1 Å². The van der Waals surface area contributed by atoms with Gasteiger partial charge in [-0.3, -0.25) is 9.69 Å². The van der Waals surface area contributed by atoms with E-state index < -0.39 is 17.7 Å². The third-order valence-electron chi connectivity index (χ3n) is 7.57. The molecule has 0 spiro atoms. The Morgan fingerprint density at radius 1 is 1.08 bits per heavy atom. The van der Waals surface area contributed by atoms with Crippen LogP contribution < -0.4 is 15.1 Å². The van der Waals surface area contributed by atoms with Crippen LogP contribution in [0.1, 0.15) is 16.7 Å². The Morgan fingerprint density at radius 3 is 2.62 bits per heavy atom. The Labute approximate surface area is 214 Å². The molecular formula is C27H30F3N5O2. The summed E-state index contributed by atoms with van der Waals surface area (Å²) < 4.78 is 45.8. The number of amides is 1. The van der Waals surface area contributed by atoms with Gasteiger partial charge in [-0.2, -0.15) is 18.4 Å². The van der Waals surface area contributed by atoms with E-state index in [4.69, 9.17) is 4.74 Å². The minimum atomic E-state index is -4.44. The lowest BCUT2D eigenvalue weighted by molar-refractivity contribution is -0.137. The van der Waals surface area contributed by atoms with Gasteiger partial charge >= 0.3 is 6.18 Å². The first kappa shape index (κ1) is 25.4. The summed E-state index contributed by atoms with van der Waals surface area (Å²) in [6.45, 7) is 5.79. The predicted molar refractivity (Wildman–Crippen MR) is 133 cm³/mol. The average Bonchev–Trinajstić information content (AvgIpc) is 2.92. The van der Waals surface area contributed by atoms with Crippen LogP contribution in [-0.2, 0) is 22.1 Å². The number of carbonyl (C=O) groups excluding carboxylic acids is 1. The molecule has 1 amide bonds. The number of hydrogen-bond acceptors (Lipinski definition) is 6. The summed E-state index contributed by atoms with van der Waals surface area (Å²) in [6.07, 6.45) is -4.21. The predicted octanol–water partition coefficient (Wildman–Crippen LogP) is 2.89. The van der Waals surface area contributed by atoms with Gasteiger partial charge in [0, 0.05) is 51.5 Å². The molecule has 1 N–H and O–H groups in total. The normalized spacial score (nSPS) is 22.1. The first-order valence-corrected chi connectivity index (χ1v) is 12.6. The lowest BCUT2D eigenvalue weighted by atomic mass is 9.82.